The first-order chi connectivity index (χ1) is 19.9. The fraction of sp³-hybridized carbons (Fsp3) is 0.765. The lowest BCUT2D eigenvalue weighted by atomic mass is 9.49. The minimum atomic E-state index is -5.86. The van der Waals surface area contributed by atoms with Crippen molar-refractivity contribution in [2.75, 3.05) is 13.2 Å². The van der Waals surface area contributed by atoms with Gasteiger partial charge in [0, 0.05) is 29.6 Å². The third-order valence-corrected chi connectivity index (χ3v) is 12.3. The Kier molecular flexibility index (Phi) is 6.49. The van der Waals surface area contributed by atoms with Gasteiger partial charge < -0.3 is 19.7 Å². The van der Waals surface area contributed by atoms with Crippen LogP contribution in [0.4, 0.5) is 22.0 Å². The second-order valence-electron chi connectivity index (χ2n) is 15.6. The molecule has 5 aliphatic carbocycles. The Morgan fingerprint density at radius 3 is 2.05 bits per heavy atom. The molecule has 4 saturated carbocycles. The predicted molar refractivity (Wildman–Crippen MR) is 150 cm³/mol. The predicted octanol–water partition coefficient (Wildman–Crippen LogP) is 7.79. The highest BCUT2D eigenvalue weighted by Gasteiger charge is 2.79. The molecule has 1 saturated heterocycles. The number of hydrogen-bond donors (Lipinski definition) is 2. The van der Waals surface area contributed by atoms with Crippen LogP contribution in [0.2, 0.25) is 0 Å². The van der Waals surface area contributed by atoms with Gasteiger partial charge in [-0.1, -0.05) is 50.6 Å². The Morgan fingerprint density at radius 2 is 1.44 bits per heavy atom. The highest BCUT2D eigenvalue weighted by atomic mass is 19.4. The maximum absolute atomic E-state index is 15.3. The minimum Gasteiger partial charge on any atom is -0.385 e. The maximum Gasteiger partial charge on any atom is 0.456 e. The third-order valence-electron chi connectivity index (χ3n) is 12.3. The van der Waals surface area contributed by atoms with Crippen molar-refractivity contribution in [3.63, 3.8) is 0 Å². The van der Waals surface area contributed by atoms with Crippen LogP contribution in [-0.4, -0.2) is 52.5 Å². The molecular formula is C34H43F5O4. The van der Waals surface area contributed by atoms with Crippen LogP contribution in [0, 0.1) is 22.7 Å². The van der Waals surface area contributed by atoms with Crippen molar-refractivity contribution in [3.05, 3.63) is 46.5 Å². The highest BCUT2D eigenvalue weighted by molar-refractivity contribution is 5.45. The monoisotopic (exact) mass is 610 g/mol. The van der Waals surface area contributed by atoms with Crippen molar-refractivity contribution in [2.45, 2.75) is 126 Å². The molecule has 9 heteroatoms. The van der Waals surface area contributed by atoms with Crippen LogP contribution >= 0.6 is 0 Å². The van der Waals surface area contributed by atoms with E-state index in [1.807, 2.05) is 24.3 Å². The summed E-state index contributed by atoms with van der Waals surface area (Å²) in [6.45, 7) is 6.62. The van der Waals surface area contributed by atoms with Gasteiger partial charge in [-0.15, -0.1) is 0 Å². The van der Waals surface area contributed by atoms with Crippen molar-refractivity contribution in [1.82, 2.24) is 0 Å². The molecule has 1 aromatic carbocycles. The molecule has 0 bridgehead atoms. The van der Waals surface area contributed by atoms with E-state index in [1.54, 1.807) is 0 Å². The summed E-state index contributed by atoms with van der Waals surface area (Å²) in [5.74, 6) is -6.98. The summed E-state index contributed by atoms with van der Waals surface area (Å²) in [6.07, 6.45) is -2.08. The highest BCUT2D eigenvalue weighted by Crippen LogP contribution is 2.71. The molecule has 5 fully saturated rings. The smallest absolute Gasteiger partial charge is 0.385 e. The normalized spacial score (nSPS) is 40.7. The van der Waals surface area contributed by atoms with E-state index in [0.29, 0.717) is 44.8 Å². The molecule has 1 aliphatic heterocycles. The fourth-order valence-corrected chi connectivity index (χ4v) is 9.72. The third kappa shape index (κ3) is 4.34. The molecule has 1 aromatic rings. The lowest BCUT2D eigenvalue weighted by molar-refractivity contribution is -0.362. The number of allylic oxidation sites excluding steroid dienone is 1. The van der Waals surface area contributed by atoms with E-state index < -0.39 is 52.8 Å². The number of aliphatic hydroxyl groups is 2. The van der Waals surface area contributed by atoms with E-state index in [-0.39, 0.29) is 30.6 Å². The van der Waals surface area contributed by atoms with Crippen molar-refractivity contribution in [3.8, 4) is 0 Å². The zero-order valence-corrected chi connectivity index (χ0v) is 25.2. The van der Waals surface area contributed by atoms with Gasteiger partial charge in [-0.05, 0) is 85.8 Å². The van der Waals surface area contributed by atoms with Crippen LogP contribution in [-0.2, 0) is 9.47 Å². The Morgan fingerprint density at radius 1 is 0.814 bits per heavy atom. The molecule has 238 valence electrons. The lowest BCUT2D eigenvalue weighted by Crippen LogP contribution is -2.65. The Hall–Kier alpha value is -1.55. The molecule has 0 amide bonds. The van der Waals surface area contributed by atoms with E-state index in [4.69, 9.17) is 9.47 Å². The Balaban J connectivity index is 1.32. The molecule has 6 atom stereocenters. The number of benzene rings is 1. The Bertz CT molecular complexity index is 1310. The number of alkyl halides is 5. The molecule has 6 aliphatic rings. The molecule has 2 N–H and O–H groups in total. The maximum atomic E-state index is 15.3. The SMILES string of the molecule is CC1(C)COC2(CCC3=C4C(CCC3(O)C2)C2CCC(O)(C(F)(F)C(F)(F)F)[C@@]2(C)C[C@@H]4c2ccc(C3CC3)cc2)OC1. The number of fused-ring (bicyclic) bond motifs is 4. The topological polar surface area (TPSA) is 58.9 Å². The zero-order chi connectivity index (χ0) is 30.8. The molecule has 0 radical (unpaired) electrons. The fourth-order valence-electron chi connectivity index (χ4n) is 9.72. The molecule has 1 spiro atoms. The molecule has 43 heavy (non-hydrogen) atoms. The van der Waals surface area contributed by atoms with Crippen molar-refractivity contribution in [1.29, 1.82) is 0 Å². The average Bonchev–Trinajstić information content (AvgIpc) is 3.74. The van der Waals surface area contributed by atoms with Crippen LogP contribution in [0.25, 0.3) is 0 Å². The number of hydrogen-bond acceptors (Lipinski definition) is 4. The summed E-state index contributed by atoms with van der Waals surface area (Å²) in [7, 11) is 0. The molecule has 1 heterocycles. The van der Waals surface area contributed by atoms with E-state index in [0.717, 1.165) is 29.6 Å². The molecule has 4 nitrogen and oxygen atoms in total. The van der Waals surface area contributed by atoms with Gasteiger partial charge in [0.2, 0.25) is 0 Å². The second-order valence-corrected chi connectivity index (χ2v) is 15.6. The Labute approximate surface area is 250 Å². The number of ether oxygens (including phenoxy) is 2. The molecule has 0 aromatic heterocycles. The van der Waals surface area contributed by atoms with Gasteiger partial charge >= 0.3 is 12.1 Å². The quantitative estimate of drug-likeness (QED) is 0.271. The van der Waals surface area contributed by atoms with Gasteiger partial charge in [0.25, 0.3) is 0 Å². The summed E-state index contributed by atoms with van der Waals surface area (Å²) in [4.78, 5) is 0. The first-order valence-corrected chi connectivity index (χ1v) is 15.9. The largest absolute Gasteiger partial charge is 0.456 e. The van der Waals surface area contributed by atoms with Crippen molar-refractivity contribution < 1.29 is 41.6 Å². The minimum absolute atomic E-state index is 0.0413. The van der Waals surface area contributed by atoms with Gasteiger partial charge in [-0.25, -0.2) is 0 Å². The van der Waals surface area contributed by atoms with Crippen LogP contribution < -0.4 is 0 Å². The standard InChI is InChI=1S/C34H43F5O4/c1-28(2)18-42-31(43-19-28)14-11-26-27-23(10-13-30(26,40)17-31)25-12-15-32(41,33(35,36)34(37,38)39)29(25,3)16-24(27)22-8-6-21(7-9-22)20-4-5-20/h6-9,20,23-25,40-41H,4-5,10-19H2,1-3H3/t23?,24-,25?,29+,30?,32?/m1/s1. The van der Waals surface area contributed by atoms with E-state index in [1.165, 1.54) is 12.5 Å². The summed E-state index contributed by atoms with van der Waals surface area (Å²) in [5.41, 5.74) is -2.32. The van der Waals surface area contributed by atoms with Crippen LogP contribution in [0.15, 0.2) is 35.4 Å². The molecule has 7 rings (SSSR count). The zero-order valence-electron chi connectivity index (χ0n) is 25.2. The van der Waals surface area contributed by atoms with Gasteiger partial charge in [0.15, 0.2) is 5.79 Å². The van der Waals surface area contributed by atoms with Crippen molar-refractivity contribution in [2.24, 2.45) is 22.7 Å². The van der Waals surface area contributed by atoms with Gasteiger partial charge in [0.05, 0.1) is 18.8 Å². The van der Waals surface area contributed by atoms with Crippen LogP contribution in [0.3, 0.4) is 0 Å². The molecule has 4 unspecified atom stereocenters. The molecular weight excluding hydrogens is 567 g/mol. The summed E-state index contributed by atoms with van der Waals surface area (Å²) >= 11 is 0. The average molecular weight is 611 g/mol. The summed E-state index contributed by atoms with van der Waals surface area (Å²) < 4.78 is 84.7. The van der Waals surface area contributed by atoms with E-state index >= 15 is 8.78 Å². The lowest BCUT2D eigenvalue weighted by Gasteiger charge is -2.59. The van der Waals surface area contributed by atoms with Gasteiger partial charge in [-0.3, -0.25) is 0 Å². The van der Waals surface area contributed by atoms with Crippen molar-refractivity contribution >= 4 is 0 Å². The first kappa shape index (κ1) is 30.1. The summed E-state index contributed by atoms with van der Waals surface area (Å²) in [5, 5.41) is 23.8. The number of halogens is 5. The van der Waals surface area contributed by atoms with E-state index in [2.05, 4.69) is 13.8 Å². The first-order valence-electron chi connectivity index (χ1n) is 15.9. The van der Waals surface area contributed by atoms with E-state index in [9.17, 15) is 23.4 Å². The van der Waals surface area contributed by atoms with Gasteiger partial charge in [-0.2, -0.15) is 22.0 Å². The van der Waals surface area contributed by atoms with Crippen LogP contribution in [0.1, 0.15) is 108 Å². The van der Waals surface area contributed by atoms with Crippen LogP contribution in [0.5, 0.6) is 0 Å². The van der Waals surface area contributed by atoms with Gasteiger partial charge in [0.1, 0.15) is 5.60 Å². The summed E-state index contributed by atoms with van der Waals surface area (Å²) in [6, 6.07) is 8.05. The number of rotatable bonds is 3. The second kappa shape index (κ2) is 9.26.